The normalized spacial score (nSPS) is 12.4. The molecule has 0 saturated heterocycles. The van der Waals surface area contributed by atoms with Crippen LogP contribution >= 0.6 is 0 Å². The average Bonchev–Trinajstić information content (AvgIpc) is 2.41. The fourth-order valence-electron chi connectivity index (χ4n) is 2.33. The monoisotopic (exact) mass is 255 g/mol. The summed E-state index contributed by atoms with van der Waals surface area (Å²) in [6.07, 6.45) is 2.89. The van der Waals surface area contributed by atoms with Crippen LogP contribution in [-0.4, -0.2) is 10.1 Å². The molecule has 1 aromatic carbocycles. The van der Waals surface area contributed by atoms with E-state index in [-0.39, 0.29) is 0 Å². The number of benzene rings is 1. The Hall–Kier alpha value is -1.67. The van der Waals surface area contributed by atoms with Gasteiger partial charge in [0.25, 0.3) is 0 Å². The molecule has 1 atom stereocenters. The first-order chi connectivity index (χ1) is 9.08. The van der Waals surface area contributed by atoms with E-state index in [0.717, 1.165) is 23.2 Å². The van der Waals surface area contributed by atoms with Crippen molar-refractivity contribution < 1.29 is 5.11 Å². The van der Waals surface area contributed by atoms with E-state index in [1.165, 1.54) is 11.1 Å². The first-order valence-corrected chi connectivity index (χ1v) is 6.73. The van der Waals surface area contributed by atoms with Crippen molar-refractivity contribution in [1.82, 2.24) is 4.98 Å². The van der Waals surface area contributed by atoms with Gasteiger partial charge in [0.05, 0.1) is 6.10 Å². The minimum absolute atomic E-state index is 0.415. The number of pyridine rings is 1. The topological polar surface area (TPSA) is 33.1 Å². The van der Waals surface area contributed by atoms with Crippen molar-refractivity contribution in [2.75, 3.05) is 0 Å². The van der Waals surface area contributed by atoms with E-state index < -0.39 is 6.10 Å². The number of hydrogen-bond donors (Lipinski definition) is 1. The van der Waals surface area contributed by atoms with Crippen LogP contribution in [0.1, 0.15) is 40.5 Å². The van der Waals surface area contributed by atoms with Crippen molar-refractivity contribution in [3.05, 3.63) is 64.5 Å². The Morgan fingerprint density at radius 1 is 1.05 bits per heavy atom. The van der Waals surface area contributed by atoms with Gasteiger partial charge in [0.1, 0.15) is 0 Å². The lowest BCUT2D eigenvalue weighted by Gasteiger charge is -2.15. The maximum Gasteiger partial charge on any atom is 0.0796 e. The van der Waals surface area contributed by atoms with Gasteiger partial charge in [-0.25, -0.2) is 0 Å². The molecule has 0 aliphatic rings. The Balaban J connectivity index is 2.08. The van der Waals surface area contributed by atoms with Gasteiger partial charge in [-0.1, -0.05) is 18.2 Å². The van der Waals surface area contributed by atoms with Crippen molar-refractivity contribution in [1.29, 1.82) is 0 Å². The maximum absolute atomic E-state index is 10.4. The molecule has 0 saturated carbocycles. The smallest absolute Gasteiger partial charge is 0.0796 e. The fourth-order valence-corrected chi connectivity index (χ4v) is 2.33. The van der Waals surface area contributed by atoms with Gasteiger partial charge in [-0.15, -0.1) is 0 Å². The number of hydrogen-bond acceptors (Lipinski definition) is 2. The lowest BCUT2D eigenvalue weighted by Crippen LogP contribution is -2.04. The van der Waals surface area contributed by atoms with Gasteiger partial charge in [0.15, 0.2) is 0 Å². The molecule has 0 spiro atoms. The summed E-state index contributed by atoms with van der Waals surface area (Å²) in [4.78, 5) is 4.29. The largest absolute Gasteiger partial charge is 0.388 e. The Labute approximate surface area is 115 Å². The SMILES string of the molecule is Cc1cc(C)c(C(O)CCc2ccccn2)cc1C. The lowest BCUT2D eigenvalue weighted by atomic mass is 9.95. The second-order valence-corrected chi connectivity index (χ2v) is 5.17. The zero-order valence-corrected chi connectivity index (χ0v) is 11.9. The van der Waals surface area contributed by atoms with Crippen LogP contribution in [0.3, 0.4) is 0 Å². The summed E-state index contributed by atoms with van der Waals surface area (Å²) in [6, 6.07) is 10.1. The second kappa shape index (κ2) is 5.98. The van der Waals surface area contributed by atoms with Crippen LogP contribution in [0, 0.1) is 20.8 Å². The summed E-state index contributed by atoms with van der Waals surface area (Å²) >= 11 is 0. The van der Waals surface area contributed by atoms with Crippen LogP contribution < -0.4 is 0 Å². The van der Waals surface area contributed by atoms with Crippen molar-refractivity contribution in [3.63, 3.8) is 0 Å². The minimum Gasteiger partial charge on any atom is -0.388 e. The van der Waals surface area contributed by atoms with Crippen molar-refractivity contribution in [2.24, 2.45) is 0 Å². The molecule has 0 fully saturated rings. The number of aromatic nitrogens is 1. The molecule has 0 bridgehead atoms. The van der Waals surface area contributed by atoms with E-state index >= 15 is 0 Å². The summed E-state index contributed by atoms with van der Waals surface area (Å²) < 4.78 is 0. The third-order valence-electron chi connectivity index (χ3n) is 3.64. The molecule has 0 aliphatic heterocycles. The van der Waals surface area contributed by atoms with E-state index in [9.17, 15) is 5.11 Å². The number of aliphatic hydroxyl groups excluding tert-OH is 1. The van der Waals surface area contributed by atoms with Crippen LogP contribution in [0.5, 0.6) is 0 Å². The van der Waals surface area contributed by atoms with Crippen LogP contribution in [0.25, 0.3) is 0 Å². The zero-order chi connectivity index (χ0) is 13.8. The van der Waals surface area contributed by atoms with Crippen LogP contribution in [0.15, 0.2) is 36.5 Å². The van der Waals surface area contributed by atoms with Crippen LogP contribution in [0.2, 0.25) is 0 Å². The van der Waals surface area contributed by atoms with E-state index in [1.54, 1.807) is 6.20 Å². The van der Waals surface area contributed by atoms with Gasteiger partial charge in [-0.2, -0.15) is 0 Å². The molecule has 19 heavy (non-hydrogen) atoms. The molecule has 2 aromatic rings. The first kappa shape index (κ1) is 13.8. The molecule has 1 N–H and O–H groups in total. The first-order valence-electron chi connectivity index (χ1n) is 6.73. The second-order valence-electron chi connectivity index (χ2n) is 5.17. The molecule has 0 amide bonds. The molecule has 1 heterocycles. The summed E-state index contributed by atoms with van der Waals surface area (Å²) in [5.41, 5.74) is 5.74. The van der Waals surface area contributed by atoms with E-state index in [0.29, 0.717) is 6.42 Å². The zero-order valence-electron chi connectivity index (χ0n) is 11.9. The summed E-state index contributed by atoms with van der Waals surface area (Å²) in [5, 5.41) is 10.4. The predicted octanol–water partition coefficient (Wildman–Crippen LogP) is 3.67. The molecule has 2 nitrogen and oxygen atoms in total. The van der Waals surface area contributed by atoms with E-state index in [1.807, 2.05) is 18.2 Å². The molecular weight excluding hydrogens is 234 g/mol. The molecule has 1 aromatic heterocycles. The van der Waals surface area contributed by atoms with Crippen molar-refractivity contribution >= 4 is 0 Å². The summed E-state index contributed by atoms with van der Waals surface area (Å²) in [5.74, 6) is 0. The number of rotatable bonds is 4. The molecular formula is C17H21NO. The van der Waals surface area contributed by atoms with Crippen LogP contribution in [0.4, 0.5) is 0 Å². The Bertz CT molecular complexity index is 549. The summed E-state index contributed by atoms with van der Waals surface area (Å²) in [6.45, 7) is 6.25. The third kappa shape index (κ3) is 3.42. The number of nitrogens with zero attached hydrogens (tertiary/aromatic N) is 1. The standard InChI is InChI=1S/C17H21NO/c1-12-10-14(3)16(11-13(12)2)17(19)8-7-15-6-4-5-9-18-15/h4-6,9-11,17,19H,7-8H2,1-3H3. The van der Waals surface area contributed by atoms with Gasteiger partial charge in [-0.3, -0.25) is 4.98 Å². The molecule has 100 valence electrons. The predicted molar refractivity (Wildman–Crippen MR) is 78.2 cm³/mol. The third-order valence-corrected chi connectivity index (χ3v) is 3.64. The van der Waals surface area contributed by atoms with Crippen molar-refractivity contribution in [3.8, 4) is 0 Å². The highest BCUT2D eigenvalue weighted by molar-refractivity contribution is 5.37. The quantitative estimate of drug-likeness (QED) is 0.904. The van der Waals surface area contributed by atoms with E-state index in [2.05, 4.69) is 37.9 Å². The number of aryl methyl sites for hydroxylation is 4. The van der Waals surface area contributed by atoms with Gasteiger partial charge in [0.2, 0.25) is 0 Å². The van der Waals surface area contributed by atoms with Crippen molar-refractivity contribution in [2.45, 2.75) is 39.7 Å². The van der Waals surface area contributed by atoms with E-state index in [4.69, 9.17) is 0 Å². The van der Waals surface area contributed by atoms with Gasteiger partial charge < -0.3 is 5.11 Å². The fraction of sp³-hybridized carbons (Fsp3) is 0.353. The lowest BCUT2D eigenvalue weighted by molar-refractivity contribution is 0.166. The minimum atomic E-state index is -0.415. The maximum atomic E-state index is 10.4. The number of aliphatic hydroxyl groups is 1. The van der Waals surface area contributed by atoms with Gasteiger partial charge in [-0.05, 0) is 68.0 Å². The highest BCUT2D eigenvalue weighted by Gasteiger charge is 2.12. The van der Waals surface area contributed by atoms with Gasteiger partial charge in [0, 0.05) is 11.9 Å². The molecule has 1 unspecified atom stereocenters. The van der Waals surface area contributed by atoms with Crippen LogP contribution in [-0.2, 0) is 6.42 Å². The highest BCUT2D eigenvalue weighted by Crippen LogP contribution is 2.25. The Morgan fingerprint density at radius 3 is 2.47 bits per heavy atom. The molecule has 0 radical (unpaired) electrons. The van der Waals surface area contributed by atoms with Gasteiger partial charge >= 0.3 is 0 Å². The Kier molecular flexibility index (Phi) is 4.33. The Morgan fingerprint density at radius 2 is 1.79 bits per heavy atom. The molecule has 2 rings (SSSR count). The highest BCUT2D eigenvalue weighted by atomic mass is 16.3. The average molecular weight is 255 g/mol. The summed E-state index contributed by atoms with van der Waals surface area (Å²) in [7, 11) is 0. The molecule has 2 heteroatoms. The molecule has 0 aliphatic carbocycles.